The highest BCUT2D eigenvalue weighted by atomic mass is 16.3. The Balaban J connectivity index is 3.38. The molecule has 0 aromatic heterocycles. The molecular formula is C16H38N4O4. The Labute approximate surface area is 146 Å². The molecule has 0 amide bonds. The van der Waals surface area contributed by atoms with Crippen molar-refractivity contribution in [2.45, 2.75) is 12.8 Å². The molecule has 0 aliphatic heterocycles. The fourth-order valence-corrected chi connectivity index (χ4v) is 2.52. The zero-order valence-electron chi connectivity index (χ0n) is 15.0. The van der Waals surface area contributed by atoms with Crippen LogP contribution in [0.2, 0.25) is 0 Å². The van der Waals surface area contributed by atoms with Crippen LogP contribution in [-0.4, -0.2) is 122 Å². The largest absolute Gasteiger partial charge is 0.395 e. The summed E-state index contributed by atoms with van der Waals surface area (Å²) < 4.78 is 0. The van der Waals surface area contributed by atoms with Crippen molar-refractivity contribution in [3.8, 4) is 0 Å². The molecule has 0 aliphatic rings. The maximum atomic E-state index is 8.93. The third-order valence-corrected chi connectivity index (χ3v) is 3.80. The van der Waals surface area contributed by atoms with E-state index < -0.39 is 0 Å². The summed E-state index contributed by atoms with van der Waals surface area (Å²) in [6.45, 7) is 8.43. The van der Waals surface area contributed by atoms with Crippen LogP contribution in [0.5, 0.6) is 0 Å². The molecule has 0 heterocycles. The molecule has 0 atom stereocenters. The monoisotopic (exact) mass is 350 g/mol. The predicted molar refractivity (Wildman–Crippen MR) is 96.2 cm³/mol. The zero-order chi connectivity index (χ0) is 17.9. The van der Waals surface area contributed by atoms with Crippen LogP contribution < -0.4 is 10.6 Å². The maximum absolute atomic E-state index is 8.93. The summed E-state index contributed by atoms with van der Waals surface area (Å²) in [5.41, 5.74) is 0. The smallest absolute Gasteiger partial charge is 0.0558 e. The first kappa shape index (κ1) is 23.7. The van der Waals surface area contributed by atoms with Crippen LogP contribution in [0.3, 0.4) is 0 Å². The Bertz CT molecular complexity index is 214. The molecule has 0 bridgehead atoms. The number of aliphatic hydroxyl groups is 4. The molecule has 6 N–H and O–H groups in total. The molecule has 0 spiro atoms. The molecule has 146 valence electrons. The standard InChI is InChI=1S/C16H38N4O4/c21-13-9-19(10-14-22)7-1-3-17-5-6-18-4-2-8-20(11-15-23)12-16-24/h17-18,21-24H,1-16H2. The van der Waals surface area contributed by atoms with Crippen LogP contribution in [0, 0.1) is 0 Å². The number of nitrogens with one attached hydrogen (secondary N) is 2. The lowest BCUT2D eigenvalue weighted by Crippen LogP contribution is -2.35. The van der Waals surface area contributed by atoms with Gasteiger partial charge in [0, 0.05) is 39.3 Å². The van der Waals surface area contributed by atoms with Crippen molar-refractivity contribution in [3.05, 3.63) is 0 Å². The molecule has 0 aromatic carbocycles. The Morgan fingerprint density at radius 1 is 0.458 bits per heavy atom. The molecule has 0 unspecified atom stereocenters. The lowest BCUT2D eigenvalue weighted by atomic mass is 10.3. The molecule has 0 aliphatic carbocycles. The van der Waals surface area contributed by atoms with Crippen LogP contribution in [0.4, 0.5) is 0 Å². The Kier molecular flexibility index (Phi) is 18.8. The number of nitrogens with zero attached hydrogens (tertiary/aromatic N) is 2. The summed E-state index contributed by atoms with van der Waals surface area (Å²) in [6, 6.07) is 0. The molecule has 8 heteroatoms. The quantitative estimate of drug-likeness (QED) is 0.142. The van der Waals surface area contributed by atoms with Gasteiger partial charge in [0.25, 0.3) is 0 Å². The van der Waals surface area contributed by atoms with Gasteiger partial charge in [-0.15, -0.1) is 0 Å². The van der Waals surface area contributed by atoms with Crippen LogP contribution >= 0.6 is 0 Å². The van der Waals surface area contributed by atoms with Crippen LogP contribution in [0.1, 0.15) is 12.8 Å². The number of hydrogen-bond acceptors (Lipinski definition) is 8. The van der Waals surface area contributed by atoms with Gasteiger partial charge in [0.05, 0.1) is 26.4 Å². The van der Waals surface area contributed by atoms with E-state index in [9.17, 15) is 0 Å². The van der Waals surface area contributed by atoms with E-state index in [2.05, 4.69) is 20.4 Å². The molecule has 24 heavy (non-hydrogen) atoms. The van der Waals surface area contributed by atoms with Gasteiger partial charge in [-0.3, -0.25) is 9.80 Å². The molecule has 0 aromatic rings. The van der Waals surface area contributed by atoms with Crippen LogP contribution in [-0.2, 0) is 0 Å². The van der Waals surface area contributed by atoms with Gasteiger partial charge < -0.3 is 31.1 Å². The van der Waals surface area contributed by atoms with Crippen molar-refractivity contribution < 1.29 is 20.4 Å². The minimum atomic E-state index is 0.130. The summed E-state index contributed by atoms with van der Waals surface area (Å²) in [4.78, 5) is 4.12. The van der Waals surface area contributed by atoms with E-state index in [0.29, 0.717) is 26.2 Å². The Hall–Kier alpha value is -0.320. The Morgan fingerprint density at radius 2 is 0.792 bits per heavy atom. The van der Waals surface area contributed by atoms with Gasteiger partial charge in [0.1, 0.15) is 0 Å². The third kappa shape index (κ3) is 15.2. The van der Waals surface area contributed by atoms with Crippen LogP contribution in [0.25, 0.3) is 0 Å². The highest BCUT2D eigenvalue weighted by Gasteiger charge is 2.03. The van der Waals surface area contributed by atoms with Crippen LogP contribution in [0.15, 0.2) is 0 Å². The first-order chi connectivity index (χ1) is 11.8. The van der Waals surface area contributed by atoms with Gasteiger partial charge in [0.15, 0.2) is 0 Å². The van der Waals surface area contributed by atoms with E-state index in [1.54, 1.807) is 0 Å². The molecule has 0 rings (SSSR count). The normalized spacial score (nSPS) is 11.8. The Morgan fingerprint density at radius 3 is 1.08 bits per heavy atom. The molecule has 0 fully saturated rings. The van der Waals surface area contributed by atoms with Crippen molar-refractivity contribution in [1.82, 2.24) is 20.4 Å². The first-order valence-electron chi connectivity index (χ1n) is 9.08. The van der Waals surface area contributed by atoms with E-state index in [0.717, 1.165) is 52.1 Å². The van der Waals surface area contributed by atoms with Gasteiger partial charge in [-0.25, -0.2) is 0 Å². The third-order valence-electron chi connectivity index (χ3n) is 3.80. The highest BCUT2D eigenvalue weighted by molar-refractivity contribution is 4.61. The average molecular weight is 351 g/mol. The minimum Gasteiger partial charge on any atom is -0.395 e. The van der Waals surface area contributed by atoms with Crippen molar-refractivity contribution in [1.29, 1.82) is 0 Å². The zero-order valence-corrected chi connectivity index (χ0v) is 15.0. The fourth-order valence-electron chi connectivity index (χ4n) is 2.52. The predicted octanol–water partition coefficient (Wildman–Crippen LogP) is -2.48. The summed E-state index contributed by atoms with van der Waals surface area (Å²) in [6.07, 6.45) is 1.99. The van der Waals surface area contributed by atoms with Gasteiger partial charge in [0.2, 0.25) is 0 Å². The first-order valence-corrected chi connectivity index (χ1v) is 9.08. The lowest BCUT2D eigenvalue weighted by molar-refractivity contribution is 0.159. The van der Waals surface area contributed by atoms with Crippen molar-refractivity contribution in [3.63, 3.8) is 0 Å². The summed E-state index contributed by atoms with van der Waals surface area (Å²) in [5, 5.41) is 42.5. The topological polar surface area (TPSA) is 111 Å². The van der Waals surface area contributed by atoms with Gasteiger partial charge in [-0.2, -0.15) is 0 Å². The van der Waals surface area contributed by atoms with E-state index >= 15 is 0 Å². The van der Waals surface area contributed by atoms with Crippen molar-refractivity contribution in [2.75, 3.05) is 91.9 Å². The van der Waals surface area contributed by atoms with Crippen molar-refractivity contribution >= 4 is 0 Å². The summed E-state index contributed by atoms with van der Waals surface area (Å²) in [7, 11) is 0. The van der Waals surface area contributed by atoms with E-state index in [4.69, 9.17) is 20.4 Å². The van der Waals surface area contributed by atoms with Crippen molar-refractivity contribution in [2.24, 2.45) is 0 Å². The fraction of sp³-hybridized carbons (Fsp3) is 1.00. The summed E-state index contributed by atoms with van der Waals surface area (Å²) >= 11 is 0. The maximum Gasteiger partial charge on any atom is 0.0558 e. The molecule has 0 radical (unpaired) electrons. The summed E-state index contributed by atoms with van der Waals surface area (Å²) in [5.74, 6) is 0. The second-order valence-electron chi connectivity index (χ2n) is 5.78. The van der Waals surface area contributed by atoms with E-state index in [1.165, 1.54) is 0 Å². The molecule has 0 saturated heterocycles. The van der Waals surface area contributed by atoms with E-state index in [1.807, 2.05) is 0 Å². The lowest BCUT2D eigenvalue weighted by Gasteiger charge is -2.20. The highest BCUT2D eigenvalue weighted by Crippen LogP contribution is 1.91. The molecular weight excluding hydrogens is 312 g/mol. The number of rotatable bonds is 19. The number of aliphatic hydroxyl groups excluding tert-OH is 4. The van der Waals surface area contributed by atoms with E-state index in [-0.39, 0.29) is 26.4 Å². The second-order valence-corrected chi connectivity index (χ2v) is 5.78. The SMILES string of the molecule is OCCN(CCO)CCCNCCNCCCN(CCO)CCO. The molecule has 8 nitrogen and oxygen atoms in total. The van der Waals surface area contributed by atoms with Gasteiger partial charge in [-0.05, 0) is 39.0 Å². The van der Waals surface area contributed by atoms with Gasteiger partial charge >= 0.3 is 0 Å². The molecule has 0 saturated carbocycles. The van der Waals surface area contributed by atoms with Gasteiger partial charge in [-0.1, -0.05) is 0 Å². The minimum absolute atomic E-state index is 0.130. The second kappa shape index (κ2) is 19.0. The number of hydrogen-bond donors (Lipinski definition) is 6. The average Bonchev–Trinajstić information content (AvgIpc) is 2.57.